The van der Waals surface area contributed by atoms with Crippen LogP contribution in [0.4, 0.5) is 0 Å². The lowest BCUT2D eigenvalue weighted by Gasteiger charge is -1.98. The third-order valence-electron chi connectivity index (χ3n) is 1.97. The molecular formula is C9H9NO3S. The van der Waals surface area contributed by atoms with Crippen LogP contribution in [-0.2, 0) is 9.63 Å². The van der Waals surface area contributed by atoms with E-state index in [1.165, 1.54) is 4.88 Å². The second-order valence-corrected chi connectivity index (χ2v) is 4.37. The Morgan fingerprint density at radius 3 is 3.00 bits per heavy atom. The highest BCUT2D eigenvalue weighted by Gasteiger charge is 2.28. The number of nitrogens with zero attached hydrogens (tertiary/aromatic N) is 1. The van der Waals surface area contributed by atoms with Crippen molar-refractivity contribution in [2.75, 3.05) is 0 Å². The lowest BCUT2D eigenvalue weighted by atomic mass is 10.1. The maximum atomic E-state index is 10.6. The zero-order valence-corrected chi connectivity index (χ0v) is 8.37. The van der Waals surface area contributed by atoms with Gasteiger partial charge in [0.05, 0.1) is 4.88 Å². The summed E-state index contributed by atoms with van der Waals surface area (Å²) in [5.74, 6) is -0.961. The van der Waals surface area contributed by atoms with Crippen molar-refractivity contribution in [3.05, 3.63) is 21.9 Å². The van der Waals surface area contributed by atoms with E-state index in [2.05, 4.69) is 5.16 Å². The molecule has 5 heteroatoms. The van der Waals surface area contributed by atoms with Gasteiger partial charge in [-0.25, -0.2) is 4.79 Å². The summed E-state index contributed by atoms with van der Waals surface area (Å²) in [5, 5.41) is 12.5. The number of carbonyl (C=O) groups is 1. The number of carboxylic acid groups (broad SMARTS) is 1. The zero-order chi connectivity index (χ0) is 10.1. The summed E-state index contributed by atoms with van der Waals surface area (Å²) in [7, 11) is 0. The Bertz CT molecular complexity index is 397. The van der Waals surface area contributed by atoms with Crippen LogP contribution in [0.3, 0.4) is 0 Å². The number of aliphatic carboxylic acids is 1. The molecule has 0 unspecified atom stereocenters. The SMILES string of the molecule is Cc1ccc(C2=NO[C@H](C(=O)O)C2)s1. The van der Waals surface area contributed by atoms with Gasteiger partial charge in [0.1, 0.15) is 5.71 Å². The van der Waals surface area contributed by atoms with E-state index in [0.29, 0.717) is 6.42 Å². The van der Waals surface area contributed by atoms with Gasteiger partial charge in [-0.05, 0) is 19.1 Å². The molecule has 0 spiro atoms. The standard InChI is InChI=1S/C9H9NO3S/c1-5-2-3-8(14-5)6-4-7(9(11)12)13-10-6/h2-3,7H,4H2,1H3,(H,11,12)/t7-/m0/s1. The average Bonchev–Trinajstić information content (AvgIpc) is 2.70. The van der Waals surface area contributed by atoms with Gasteiger partial charge in [0.15, 0.2) is 0 Å². The third-order valence-corrected chi connectivity index (χ3v) is 3.02. The zero-order valence-electron chi connectivity index (χ0n) is 7.56. The first-order valence-electron chi connectivity index (χ1n) is 4.19. The monoisotopic (exact) mass is 211 g/mol. The Morgan fingerprint density at radius 2 is 2.50 bits per heavy atom. The lowest BCUT2D eigenvalue weighted by Crippen LogP contribution is -2.19. The van der Waals surface area contributed by atoms with Crippen LogP contribution in [0.15, 0.2) is 17.3 Å². The fraction of sp³-hybridized carbons (Fsp3) is 0.333. The highest BCUT2D eigenvalue weighted by atomic mass is 32.1. The third kappa shape index (κ3) is 1.63. The molecule has 1 aromatic heterocycles. The van der Waals surface area contributed by atoms with Crippen LogP contribution in [0.1, 0.15) is 16.2 Å². The molecule has 0 bridgehead atoms. The molecule has 1 aromatic rings. The fourth-order valence-corrected chi connectivity index (χ4v) is 2.10. The van der Waals surface area contributed by atoms with Crippen molar-refractivity contribution in [1.82, 2.24) is 0 Å². The summed E-state index contributed by atoms with van der Waals surface area (Å²) in [6, 6.07) is 3.92. The highest BCUT2D eigenvalue weighted by Crippen LogP contribution is 2.22. The van der Waals surface area contributed by atoms with Crippen LogP contribution >= 0.6 is 11.3 Å². The quantitative estimate of drug-likeness (QED) is 0.808. The normalized spacial score (nSPS) is 20.4. The molecule has 2 rings (SSSR count). The number of hydrogen-bond acceptors (Lipinski definition) is 4. The van der Waals surface area contributed by atoms with Crippen molar-refractivity contribution < 1.29 is 14.7 Å². The van der Waals surface area contributed by atoms with Crippen molar-refractivity contribution in [3.63, 3.8) is 0 Å². The minimum Gasteiger partial charge on any atom is -0.478 e. The Morgan fingerprint density at radius 1 is 1.71 bits per heavy atom. The predicted molar refractivity (Wildman–Crippen MR) is 52.7 cm³/mol. The Balaban J connectivity index is 2.12. The molecule has 0 radical (unpaired) electrons. The molecule has 0 aromatic carbocycles. The minimum absolute atomic E-state index is 0.356. The van der Waals surface area contributed by atoms with E-state index in [1.807, 2.05) is 19.1 Å². The van der Waals surface area contributed by atoms with E-state index in [1.54, 1.807) is 11.3 Å². The molecule has 2 heterocycles. The molecule has 0 fully saturated rings. The van der Waals surface area contributed by atoms with Crippen LogP contribution in [0, 0.1) is 6.92 Å². The smallest absolute Gasteiger partial charge is 0.348 e. The van der Waals surface area contributed by atoms with Crippen LogP contribution in [-0.4, -0.2) is 22.9 Å². The summed E-state index contributed by atoms with van der Waals surface area (Å²) >= 11 is 1.60. The number of rotatable bonds is 2. The van der Waals surface area contributed by atoms with Crippen molar-refractivity contribution in [2.24, 2.45) is 5.16 Å². The van der Waals surface area contributed by atoms with E-state index in [4.69, 9.17) is 9.94 Å². The molecule has 0 saturated carbocycles. The molecule has 1 aliphatic rings. The molecule has 74 valence electrons. The van der Waals surface area contributed by atoms with Crippen LogP contribution in [0.25, 0.3) is 0 Å². The Kier molecular flexibility index (Phi) is 2.25. The van der Waals surface area contributed by atoms with Crippen LogP contribution < -0.4 is 0 Å². The average molecular weight is 211 g/mol. The van der Waals surface area contributed by atoms with Gasteiger partial charge < -0.3 is 9.94 Å². The van der Waals surface area contributed by atoms with Crippen molar-refractivity contribution >= 4 is 23.0 Å². The van der Waals surface area contributed by atoms with Gasteiger partial charge >= 0.3 is 5.97 Å². The van der Waals surface area contributed by atoms with Crippen molar-refractivity contribution in [2.45, 2.75) is 19.4 Å². The van der Waals surface area contributed by atoms with Gasteiger partial charge in [-0.2, -0.15) is 0 Å². The number of oxime groups is 1. The first-order valence-corrected chi connectivity index (χ1v) is 5.01. The van der Waals surface area contributed by atoms with E-state index in [-0.39, 0.29) is 0 Å². The van der Waals surface area contributed by atoms with Gasteiger partial charge in [-0.1, -0.05) is 5.16 Å². The van der Waals surface area contributed by atoms with Crippen LogP contribution in [0.2, 0.25) is 0 Å². The van der Waals surface area contributed by atoms with E-state index < -0.39 is 12.1 Å². The van der Waals surface area contributed by atoms with Gasteiger partial charge in [0.2, 0.25) is 6.10 Å². The summed E-state index contributed by atoms with van der Waals surface area (Å²) in [6.07, 6.45) is -0.456. The second kappa shape index (κ2) is 3.42. The molecule has 4 nitrogen and oxygen atoms in total. The molecule has 0 saturated heterocycles. The van der Waals surface area contributed by atoms with Gasteiger partial charge in [0.25, 0.3) is 0 Å². The predicted octanol–water partition coefficient (Wildman–Crippen LogP) is 1.63. The molecule has 0 amide bonds. The number of aryl methyl sites for hydroxylation is 1. The summed E-state index contributed by atoms with van der Waals surface area (Å²) in [4.78, 5) is 17.5. The topological polar surface area (TPSA) is 58.9 Å². The Labute approximate surface area is 84.8 Å². The highest BCUT2D eigenvalue weighted by molar-refractivity contribution is 7.14. The first-order chi connectivity index (χ1) is 6.66. The summed E-state index contributed by atoms with van der Waals surface area (Å²) in [5.41, 5.74) is 0.732. The lowest BCUT2D eigenvalue weighted by molar-refractivity contribution is -0.148. The number of carboxylic acids is 1. The summed E-state index contributed by atoms with van der Waals surface area (Å²) < 4.78 is 0. The molecule has 1 aliphatic heterocycles. The van der Waals surface area contributed by atoms with E-state index in [9.17, 15) is 4.79 Å². The van der Waals surface area contributed by atoms with E-state index in [0.717, 1.165) is 10.6 Å². The maximum Gasteiger partial charge on any atom is 0.348 e. The molecule has 1 N–H and O–H groups in total. The first kappa shape index (κ1) is 9.21. The maximum absolute atomic E-state index is 10.6. The van der Waals surface area contributed by atoms with Crippen molar-refractivity contribution in [1.29, 1.82) is 0 Å². The number of hydrogen-bond donors (Lipinski definition) is 1. The molecule has 1 atom stereocenters. The Hall–Kier alpha value is -1.36. The number of thiophene rings is 1. The van der Waals surface area contributed by atoms with Gasteiger partial charge in [0, 0.05) is 11.3 Å². The summed E-state index contributed by atoms with van der Waals surface area (Å²) in [6.45, 7) is 2.00. The fourth-order valence-electron chi connectivity index (χ4n) is 1.24. The van der Waals surface area contributed by atoms with E-state index >= 15 is 0 Å². The van der Waals surface area contributed by atoms with Gasteiger partial charge in [-0.3, -0.25) is 0 Å². The van der Waals surface area contributed by atoms with Gasteiger partial charge in [-0.15, -0.1) is 11.3 Å². The minimum atomic E-state index is -0.961. The van der Waals surface area contributed by atoms with Crippen LogP contribution in [0.5, 0.6) is 0 Å². The second-order valence-electron chi connectivity index (χ2n) is 3.08. The molecular weight excluding hydrogens is 202 g/mol. The molecule has 0 aliphatic carbocycles. The van der Waals surface area contributed by atoms with Crippen molar-refractivity contribution in [3.8, 4) is 0 Å². The largest absolute Gasteiger partial charge is 0.478 e. The molecule has 14 heavy (non-hydrogen) atoms.